The van der Waals surface area contributed by atoms with Crippen LogP contribution in [0.15, 0.2) is 34.7 Å². The minimum Gasteiger partial charge on any atom is -0.495 e. The SMILES string of the molecule is COc1ccc(C(=O)NCC2=CCNCC2)cc1S(=O)(=O)NC1CC1.Cl. The molecule has 1 aliphatic carbocycles. The van der Waals surface area contributed by atoms with Crippen molar-refractivity contribution >= 4 is 28.3 Å². The molecular weight excluding hydrogens is 378 g/mol. The average molecular weight is 402 g/mol. The maximum Gasteiger partial charge on any atom is 0.251 e. The summed E-state index contributed by atoms with van der Waals surface area (Å²) in [5, 5.41) is 6.06. The maximum absolute atomic E-state index is 12.5. The van der Waals surface area contributed by atoms with Gasteiger partial charge in [0.1, 0.15) is 10.6 Å². The van der Waals surface area contributed by atoms with E-state index in [1.54, 1.807) is 6.07 Å². The lowest BCUT2D eigenvalue weighted by Gasteiger charge is -2.15. The molecule has 3 rings (SSSR count). The van der Waals surface area contributed by atoms with Gasteiger partial charge < -0.3 is 15.4 Å². The topological polar surface area (TPSA) is 96.5 Å². The molecule has 1 amide bonds. The predicted octanol–water partition coefficient (Wildman–Crippen LogP) is 1.21. The second kappa shape index (κ2) is 8.85. The maximum atomic E-state index is 12.5. The van der Waals surface area contributed by atoms with Gasteiger partial charge in [0.25, 0.3) is 5.91 Å². The molecule has 1 fully saturated rings. The molecule has 0 radical (unpaired) electrons. The average Bonchev–Trinajstić information content (AvgIpc) is 3.43. The van der Waals surface area contributed by atoms with Gasteiger partial charge in [0.05, 0.1) is 7.11 Å². The van der Waals surface area contributed by atoms with Crippen LogP contribution < -0.4 is 20.1 Å². The van der Waals surface area contributed by atoms with Gasteiger partial charge in [-0.2, -0.15) is 0 Å². The smallest absolute Gasteiger partial charge is 0.251 e. The van der Waals surface area contributed by atoms with Crippen molar-refractivity contribution < 1.29 is 17.9 Å². The molecule has 1 aromatic carbocycles. The molecule has 26 heavy (non-hydrogen) atoms. The fraction of sp³-hybridized carbons (Fsp3) is 0.471. The van der Waals surface area contributed by atoms with Crippen LogP contribution in [0.5, 0.6) is 5.75 Å². The molecule has 144 valence electrons. The van der Waals surface area contributed by atoms with E-state index >= 15 is 0 Å². The van der Waals surface area contributed by atoms with Crippen LogP contribution in [0.4, 0.5) is 0 Å². The van der Waals surface area contributed by atoms with Gasteiger partial charge in [-0.15, -0.1) is 12.4 Å². The predicted molar refractivity (Wildman–Crippen MR) is 101 cm³/mol. The second-order valence-corrected chi connectivity index (χ2v) is 7.94. The van der Waals surface area contributed by atoms with E-state index in [4.69, 9.17) is 4.74 Å². The van der Waals surface area contributed by atoms with E-state index < -0.39 is 10.0 Å². The first-order chi connectivity index (χ1) is 12.0. The molecule has 1 aromatic rings. The molecule has 0 atom stereocenters. The van der Waals surface area contributed by atoms with Crippen molar-refractivity contribution in [2.24, 2.45) is 0 Å². The van der Waals surface area contributed by atoms with Gasteiger partial charge in [-0.1, -0.05) is 11.6 Å². The Hall–Kier alpha value is -1.61. The number of methoxy groups -OCH3 is 1. The van der Waals surface area contributed by atoms with Crippen LogP contribution >= 0.6 is 12.4 Å². The van der Waals surface area contributed by atoms with Crippen LogP contribution in [-0.4, -0.2) is 47.1 Å². The summed E-state index contributed by atoms with van der Waals surface area (Å²) in [5.74, 6) is -0.0734. The van der Waals surface area contributed by atoms with Crippen molar-refractivity contribution in [2.45, 2.75) is 30.2 Å². The third-order valence-corrected chi connectivity index (χ3v) is 5.79. The Morgan fingerprint density at radius 1 is 1.35 bits per heavy atom. The van der Waals surface area contributed by atoms with Crippen LogP contribution in [0.1, 0.15) is 29.6 Å². The number of carbonyl (C=O) groups excluding carboxylic acids is 1. The molecule has 1 saturated carbocycles. The zero-order valence-electron chi connectivity index (χ0n) is 14.6. The van der Waals surface area contributed by atoms with Gasteiger partial charge in [-0.05, 0) is 44.0 Å². The van der Waals surface area contributed by atoms with E-state index in [0.717, 1.165) is 32.4 Å². The van der Waals surface area contributed by atoms with Gasteiger partial charge in [0, 0.05) is 24.7 Å². The summed E-state index contributed by atoms with van der Waals surface area (Å²) in [4.78, 5) is 12.4. The summed E-state index contributed by atoms with van der Waals surface area (Å²) in [5.41, 5.74) is 1.47. The molecule has 3 N–H and O–H groups in total. The lowest BCUT2D eigenvalue weighted by molar-refractivity contribution is 0.0956. The standard InChI is InChI=1S/C17H23N3O4S.ClH/c1-24-15-5-2-13(10-16(15)25(22,23)20-14-3-4-14)17(21)19-11-12-6-8-18-9-7-12;/h2,5-6,10,14,18,20H,3-4,7-9,11H2,1H3,(H,19,21);1H. The monoisotopic (exact) mass is 401 g/mol. The van der Waals surface area contributed by atoms with E-state index in [9.17, 15) is 13.2 Å². The second-order valence-electron chi connectivity index (χ2n) is 6.26. The summed E-state index contributed by atoms with van der Waals surface area (Å²) in [6.45, 7) is 2.18. The van der Waals surface area contributed by atoms with E-state index in [0.29, 0.717) is 12.1 Å². The number of halogens is 1. The number of carbonyl (C=O) groups is 1. The van der Waals surface area contributed by atoms with Crippen LogP contribution in [0, 0.1) is 0 Å². The molecule has 0 saturated heterocycles. The van der Waals surface area contributed by atoms with Gasteiger partial charge >= 0.3 is 0 Å². The number of amides is 1. The third-order valence-electron chi connectivity index (χ3n) is 4.25. The highest BCUT2D eigenvalue weighted by molar-refractivity contribution is 7.89. The zero-order chi connectivity index (χ0) is 17.9. The molecule has 0 bridgehead atoms. The Morgan fingerprint density at radius 3 is 2.73 bits per heavy atom. The summed E-state index contributed by atoms with van der Waals surface area (Å²) in [7, 11) is -2.29. The van der Waals surface area contributed by atoms with Crippen molar-refractivity contribution in [1.82, 2.24) is 15.4 Å². The highest BCUT2D eigenvalue weighted by Gasteiger charge is 2.30. The van der Waals surface area contributed by atoms with Crippen molar-refractivity contribution in [3.63, 3.8) is 0 Å². The first-order valence-corrected chi connectivity index (χ1v) is 9.85. The van der Waals surface area contributed by atoms with E-state index in [1.807, 2.05) is 0 Å². The number of hydrogen-bond acceptors (Lipinski definition) is 5. The number of rotatable bonds is 7. The molecule has 7 nitrogen and oxygen atoms in total. The van der Waals surface area contributed by atoms with Gasteiger partial charge in [-0.25, -0.2) is 13.1 Å². The van der Waals surface area contributed by atoms with Crippen LogP contribution in [0.3, 0.4) is 0 Å². The third kappa shape index (κ3) is 5.20. The molecule has 9 heteroatoms. The van der Waals surface area contributed by atoms with Crippen LogP contribution in [0.2, 0.25) is 0 Å². The molecule has 0 aromatic heterocycles. The van der Waals surface area contributed by atoms with Crippen molar-refractivity contribution in [2.75, 3.05) is 26.7 Å². The fourth-order valence-corrected chi connectivity index (χ4v) is 4.14. The zero-order valence-corrected chi connectivity index (χ0v) is 16.2. The lowest BCUT2D eigenvalue weighted by atomic mass is 10.1. The Balaban J connectivity index is 0.00000243. The minimum atomic E-state index is -3.71. The van der Waals surface area contributed by atoms with Gasteiger partial charge in [-0.3, -0.25) is 4.79 Å². The number of sulfonamides is 1. The van der Waals surface area contributed by atoms with Crippen LogP contribution in [0.25, 0.3) is 0 Å². The number of nitrogens with one attached hydrogen (secondary N) is 3. The van der Waals surface area contributed by atoms with E-state index in [2.05, 4.69) is 21.4 Å². The largest absolute Gasteiger partial charge is 0.495 e. The Kier molecular flexibility index (Phi) is 7.05. The molecule has 2 aliphatic rings. The van der Waals surface area contributed by atoms with Crippen LogP contribution in [-0.2, 0) is 10.0 Å². The summed E-state index contributed by atoms with van der Waals surface area (Å²) in [6.07, 6.45) is 4.64. The number of ether oxygens (including phenoxy) is 1. The van der Waals surface area contributed by atoms with Crippen molar-refractivity contribution in [1.29, 1.82) is 0 Å². The molecule has 0 spiro atoms. The summed E-state index contributed by atoms with van der Waals surface area (Å²) in [6, 6.07) is 4.44. The number of benzene rings is 1. The Labute approximate surface area is 160 Å². The molecule has 1 aliphatic heterocycles. The Morgan fingerprint density at radius 2 is 2.12 bits per heavy atom. The van der Waals surface area contributed by atoms with E-state index in [1.165, 1.54) is 24.8 Å². The minimum absolute atomic E-state index is 0. The van der Waals surface area contributed by atoms with Gasteiger partial charge in [0.15, 0.2) is 0 Å². The first kappa shape index (κ1) is 20.7. The van der Waals surface area contributed by atoms with Crippen molar-refractivity contribution in [3.8, 4) is 5.75 Å². The fourth-order valence-electron chi connectivity index (χ4n) is 2.64. The highest BCUT2D eigenvalue weighted by atomic mass is 35.5. The highest BCUT2D eigenvalue weighted by Crippen LogP contribution is 2.28. The lowest BCUT2D eigenvalue weighted by Crippen LogP contribution is -2.30. The number of hydrogen-bond donors (Lipinski definition) is 3. The quantitative estimate of drug-likeness (QED) is 0.597. The van der Waals surface area contributed by atoms with Gasteiger partial charge in [0.2, 0.25) is 10.0 Å². The summed E-state index contributed by atoms with van der Waals surface area (Å²) >= 11 is 0. The molecular formula is C17H24ClN3O4S. The molecule has 1 heterocycles. The summed E-state index contributed by atoms with van der Waals surface area (Å²) < 4.78 is 32.8. The van der Waals surface area contributed by atoms with E-state index in [-0.39, 0.29) is 35.0 Å². The normalized spacial score (nSPS) is 17.0. The van der Waals surface area contributed by atoms with Crippen molar-refractivity contribution in [3.05, 3.63) is 35.4 Å². The Bertz CT molecular complexity index is 791. The molecule has 0 unspecified atom stereocenters. The first-order valence-electron chi connectivity index (χ1n) is 8.37.